The first-order valence-corrected chi connectivity index (χ1v) is 7.02. The van der Waals surface area contributed by atoms with Gasteiger partial charge in [0.2, 0.25) is 5.89 Å². The van der Waals surface area contributed by atoms with Crippen molar-refractivity contribution < 1.29 is 8.91 Å². The van der Waals surface area contributed by atoms with Crippen LogP contribution in [0.1, 0.15) is 31.5 Å². The Kier molecular flexibility index (Phi) is 4.55. The second kappa shape index (κ2) is 6.16. The molecule has 0 spiro atoms. The predicted molar refractivity (Wildman–Crippen MR) is 72.3 cm³/mol. The van der Waals surface area contributed by atoms with Crippen LogP contribution >= 0.6 is 11.8 Å². The molecule has 0 fully saturated rings. The molecule has 0 aliphatic carbocycles. The fraction of sp³-hybridized carbons (Fsp3) is 0.385. The van der Waals surface area contributed by atoms with Gasteiger partial charge in [-0.3, -0.25) is 0 Å². The van der Waals surface area contributed by atoms with Crippen molar-refractivity contribution in [1.29, 1.82) is 0 Å². The third-order valence-electron chi connectivity index (χ3n) is 2.86. The first-order valence-electron chi connectivity index (χ1n) is 6.03. The van der Waals surface area contributed by atoms with E-state index in [1.807, 2.05) is 13.8 Å². The van der Waals surface area contributed by atoms with Crippen LogP contribution in [0, 0.1) is 5.82 Å². The van der Waals surface area contributed by atoms with Gasteiger partial charge >= 0.3 is 0 Å². The maximum absolute atomic E-state index is 13.4. The van der Waals surface area contributed by atoms with Crippen molar-refractivity contribution in [3.63, 3.8) is 0 Å². The Hall–Kier alpha value is -1.40. The summed E-state index contributed by atoms with van der Waals surface area (Å²) in [7, 11) is 0. The molecule has 102 valence electrons. The SMILES string of the molecule is CC(N)C(C)c1nc(CSc2ccccc2F)no1. The summed E-state index contributed by atoms with van der Waals surface area (Å²) >= 11 is 1.34. The summed E-state index contributed by atoms with van der Waals surface area (Å²) in [5, 5.41) is 3.88. The molecular formula is C13H16FN3OS. The summed E-state index contributed by atoms with van der Waals surface area (Å²) in [6, 6.07) is 6.57. The lowest BCUT2D eigenvalue weighted by Crippen LogP contribution is -2.22. The van der Waals surface area contributed by atoms with E-state index in [1.165, 1.54) is 17.8 Å². The van der Waals surface area contributed by atoms with E-state index < -0.39 is 0 Å². The van der Waals surface area contributed by atoms with Crippen molar-refractivity contribution in [2.24, 2.45) is 5.73 Å². The molecule has 0 radical (unpaired) electrons. The maximum Gasteiger partial charge on any atom is 0.231 e. The second-order valence-corrected chi connectivity index (χ2v) is 5.43. The van der Waals surface area contributed by atoms with E-state index in [4.69, 9.17) is 10.3 Å². The zero-order chi connectivity index (χ0) is 13.8. The summed E-state index contributed by atoms with van der Waals surface area (Å²) in [6.07, 6.45) is 0. The standard InChI is InChI=1S/C13H16FN3OS/c1-8(9(2)15)13-16-12(17-18-13)7-19-11-6-4-3-5-10(11)14/h3-6,8-9H,7,15H2,1-2H3. The molecular weight excluding hydrogens is 265 g/mol. The average molecular weight is 281 g/mol. The van der Waals surface area contributed by atoms with Crippen LogP contribution in [0.5, 0.6) is 0 Å². The molecule has 0 amide bonds. The van der Waals surface area contributed by atoms with Gasteiger partial charge in [-0.2, -0.15) is 4.98 Å². The van der Waals surface area contributed by atoms with Gasteiger partial charge in [0.05, 0.1) is 11.7 Å². The summed E-state index contributed by atoms with van der Waals surface area (Å²) in [5.74, 6) is 1.32. The van der Waals surface area contributed by atoms with Crippen molar-refractivity contribution in [1.82, 2.24) is 10.1 Å². The van der Waals surface area contributed by atoms with E-state index in [-0.39, 0.29) is 17.8 Å². The maximum atomic E-state index is 13.4. The molecule has 2 atom stereocenters. The third kappa shape index (κ3) is 3.54. The highest BCUT2D eigenvalue weighted by Gasteiger charge is 2.18. The Labute approximate surface area is 115 Å². The van der Waals surface area contributed by atoms with Gasteiger partial charge in [0.1, 0.15) is 5.82 Å². The van der Waals surface area contributed by atoms with Gasteiger partial charge in [0, 0.05) is 10.9 Å². The summed E-state index contributed by atoms with van der Waals surface area (Å²) in [5.41, 5.74) is 5.78. The molecule has 0 saturated carbocycles. The van der Waals surface area contributed by atoms with Crippen molar-refractivity contribution >= 4 is 11.8 Å². The molecule has 2 aromatic rings. The molecule has 19 heavy (non-hydrogen) atoms. The van der Waals surface area contributed by atoms with Gasteiger partial charge in [0.25, 0.3) is 0 Å². The van der Waals surface area contributed by atoms with E-state index in [0.29, 0.717) is 22.4 Å². The smallest absolute Gasteiger partial charge is 0.231 e. The summed E-state index contributed by atoms with van der Waals surface area (Å²) < 4.78 is 18.6. The molecule has 0 aliphatic rings. The van der Waals surface area contributed by atoms with E-state index in [9.17, 15) is 4.39 Å². The fourth-order valence-electron chi connectivity index (χ4n) is 1.44. The lowest BCUT2D eigenvalue weighted by Gasteiger charge is -2.09. The molecule has 6 heteroatoms. The fourth-order valence-corrected chi connectivity index (χ4v) is 2.22. The van der Waals surface area contributed by atoms with E-state index in [1.54, 1.807) is 18.2 Å². The zero-order valence-electron chi connectivity index (χ0n) is 10.8. The number of thioether (sulfide) groups is 1. The highest BCUT2D eigenvalue weighted by molar-refractivity contribution is 7.98. The van der Waals surface area contributed by atoms with E-state index in [0.717, 1.165) is 0 Å². The molecule has 0 saturated heterocycles. The largest absolute Gasteiger partial charge is 0.339 e. The Morgan fingerprint density at radius 3 is 2.79 bits per heavy atom. The minimum atomic E-state index is -0.236. The minimum Gasteiger partial charge on any atom is -0.339 e. The number of hydrogen-bond acceptors (Lipinski definition) is 5. The highest BCUT2D eigenvalue weighted by atomic mass is 32.2. The van der Waals surface area contributed by atoms with E-state index >= 15 is 0 Å². The molecule has 4 nitrogen and oxygen atoms in total. The van der Waals surface area contributed by atoms with Crippen LogP contribution in [0.25, 0.3) is 0 Å². The number of rotatable bonds is 5. The summed E-state index contributed by atoms with van der Waals surface area (Å²) in [4.78, 5) is 4.85. The van der Waals surface area contributed by atoms with Gasteiger partial charge in [-0.15, -0.1) is 11.8 Å². The molecule has 1 aromatic heterocycles. The van der Waals surface area contributed by atoms with Crippen LogP contribution in [-0.4, -0.2) is 16.2 Å². The lowest BCUT2D eigenvalue weighted by atomic mass is 10.1. The van der Waals surface area contributed by atoms with Crippen molar-refractivity contribution in [3.05, 3.63) is 41.8 Å². The molecule has 0 aliphatic heterocycles. The second-order valence-electron chi connectivity index (χ2n) is 4.42. The van der Waals surface area contributed by atoms with Gasteiger partial charge in [0.15, 0.2) is 5.82 Å². The lowest BCUT2D eigenvalue weighted by molar-refractivity contribution is 0.344. The molecule has 1 heterocycles. The van der Waals surface area contributed by atoms with Crippen LogP contribution in [0.3, 0.4) is 0 Å². The van der Waals surface area contributed by atoms with Crippen LogP contribution in [0.2, 0.25) is 0 Å². The van der Waals surface area contributed by atoms with Crippen molar-refractivity contribution in [2.45, 2.75) is 36.5 Å². The molecule has 0 bridgehead atoms. The Morgan fingerprint density at radius 2 is 2.11 bits per heavy atom. The molecule has 1 aromatic carbocycles. The number of nitrogens with two attached hydrogens (primary N) is 1. The Bertz CT molecular complexity index is 544. The van der Waals surface area contributed by atoms with Crippen molar-refractivity contribution in [3.8, 4) is 0 Å². The molecule has 2 unspecified atom stereocenters. The Morgan fingerprint density at radius 1 is 1.37 bits per heavy atom. The predicted octanol–water partition coefficient (Wildman–Crippen LogP) is 2.95. The highest BCUT2D eigenvalue weighted by Crippen LogP contribution is 2.25. The first-order chi connectivity index (χ1) is 9.08. The van der Waals surface area contributed by atoms with Gasteiger partial charge in [-0.05, 0) is 19.1 Å². The number of nitrogens with zero attached hydrogens (tertiary/aromatic N) is 2. The third-order valence-corrected chi connectivity index (χ3v) is 3.90. The van der Waals surface area contributed by atoms with Crippen LogP contribution in [0.4, 0.5) is 4.39 Å². The van der Waals surface area contributed by atoms with Crippen LogP contribution in [-0.2, 0) is 5.75 Å². The van der Waals surface area contributed by atoms with Crippen molar-refractivity contribution in [2.75, 3.05) is 0 Å². The topological polar surface area (TPSA) is 64.9 Å². The molecule has 2 N–H and O–H groups in total. The number of hydrogen-bond donors (Lipinski definition) is 1. The van der Waals surface area contributed by atoms with E-state index in [2.05, 4.69) is 10.1 Å². The number of aromatic nitrogens is 2. The van der Waals surface area contributed by atoms with Gasteiger partial charge in [-0.1, -0.05) is 24.2 Å². The Balaban J connectivity index is 1.99. The van der Waals surface area contributed by atoms with Gasteiger partial charge < -0.3 is 10.3 Å². The molecule has 2 rings (SSSR count). The minimum absolute atomic E-state index is 0.0136. The zero-order valence-corrected chi connectivity index (χ0v) is 11.7. The van der Waals surface area contributed by atoms with Gasteiger partial charge in [-0.25, -0.2) is 4.39 Å². The monoisotopic (exact) mass is 281 g/mol. The van der Waals surface area contributed by atoms with Crippen LogP contribution in [0.15, 0.2) is 33.7 Å². The average Bonchev–Trinajstić information content (AvgIpc) is 2.85. The normalized spacial score (nSPS) is 14.3. The number of halogens is 1. The number of benzene rings is 1. The quantitative estimate of drug-likeness (QED) is 0.854. The summed E-state index contributed by atoms with van der Waals surface area (Å²) in [6.45, 7) is 3.83. The first kappa shape index (κ1) is 14.0. The van der Waals surface area contributed by atoms with Crippen LogP contribution < -0.4 is 5.73 Å².